The van der Waals surface area contributed by atoms with Gasteiger partial charge in [0.05, 0.1) is 0 Å². The van der Waals surface area contributed by atoms with E-state index >= 15 is 0 Å². The number of rotatable bonds is 2. The smallest absolute Gasteiger partial charge is 0.0493 e. The van der Waals surface area contributed by atoms with E-state index in [9.17, 15) is 0 Å². The van der Waals surface area contributed by atoms with Gasteiger partial charge in [0.1, 0.15) is 0 Å². The molecule has 4 unspecified atom stereocenters. The summed E-state index contributed by atoms with van der Waals surface area (Å²) in [5.41, 5.74) is 1.71. The number of hydrogen-bond acceptors (Lipinski definition) is 1. The maximum absolute atomic E-state index is 5.56. The first-order chi connectivity index (χ1) is 8.35. The van der Waals surface area contributed by atoms with Crippen molar-refractivity contribution in [2.75, 3.05) is 13.7 Å². The van der Waals surface area contributed by atoms with Crippen molar-refractivity contribution < 1.29 is 4.74 Å². The van der Waals surface area contributed by atoms with Gasteiger partial charge in [0.2, 0.25) is 0 Å². The summed E-state index contributed by atoms with van der Waals surface area (Å²) < 4.78 is 5.56. The lowest BCUT2D eigenvalue weighted by Gasteiger charge is -2.59. The van der Waals surface area contributed by atoms with Crippen molar-refractivity contribution in [2.24, 2.45) is 34.0 Å². The van der Waals surface area contributed by atoms with Crippen molar-refractivity contribution >= 4 is 0 Å². The highest BCUT2D eigenvalue weighted by atomic mass is 16.5. The SMILES string of the molecule is COCC1CCC(C)(C)C23CCC(C2)C(C)(C)C13. The molecule has 18 heavy (non-hydrogen) atoms. The van der Waals surface area contributed by atoms with Gasteiger partial charge in [-0.15, -0.1) is 0 Å². The lowest BCUT2D eigenvalue weighted by molar-refractivity contribution is -0.114. The number of ether oxygens (including phenoxy) is 1. The molecule has 104 valence electrons. The Balaban J connectivity index is 2.02. The zero-order valence-corrected chi connectivity index (χ0v) is 12.9. The first kappa shape index (κ1) is 13.0. The van der Waals surface area contributed by atoms with Crippen molar-refractivity contribution in [1.82, 2.24) is 0 Å². The molecule has 3 rings (SSSR count). The van der Waals surface area contributed by atoms with Crippen LogP contribution >= 0.6 is 0 Å². The normalized spacial score (nSPS) is 48.2. The third kappa shape index (κ3) is 1.38. The highest BCUT2D eigenvalue weighted by Gasteiger charge is 2.69. The minimum absolute atomic E-state index is 0.541. The van der Waals surface area contributed by atoms with Gasteiger partial charge in [0.15, 0.2) is 0 Å². The quantitative estimate of drug-likeness (QED) is 0.700. The Kier molecular flexibility index (Phi) is 2.70. The highest BCUT2D eigenvalue weighted by Crippen LogP contribution is 2.76. The predicted octanol–water partition coefficient (Wildman–Crippen LogP) is 4.51. The van der Waals surface area contributed by atoms with E-state index in [1.165, 1.54) is 32.1 Å². The van der Waals surface area contributed by atoms with Gasteiger partial charge in [0.25, 0.3) is 0 Å². The molecule has 3 aliphatic rings. The van der Waals surface area contributed by atoms with Crippen molar-refractivity contribution in [2.45, 2.75) is 59.8 Å². The Morgan fingerprint density at radius 2 is 1.78 bits per heavy atom. The minimum atomic E-state index is 0.541. The summed E-state index contributed by atoms with van der Waals surface area (Å²) in [4.78, 5) is 0. The van der Waals surface area contributed by atoms with E-state index in [0.717, 1.165) is 24.4 Å². The van der Waals surface area contributed by atoms with E-state index in [1.807, 2.05) is 7.11 Å². The summed E-state index contributed by atoms with van der Waals surface area (Å²) >= 11 is 0. The molecule has 0 heterocycles. The van der Waals surface area contributed by atoms with Crippen LogP contribution in [0.5, 0.6) is 0 Å². The van der Waals surface area contributed by atoms with E-state index in [4.69, 9.17) is 4.74 Å². The van der Waals surface area contributed by atoms with Crippen molar-refractivity contribution in [3.05, 3.63) is 0 Å². The van der Waals surface area contributed by atoms with Gasteiger partial charge < -0.3 is 4.74 Å². The Labute approximate surface area is 113 Å². The second-order valence-electron chi connectivity index (χ2n) is 8.53. The Hall–Kier alpha value is -0.0400. The third-order valence-corrected chi connectivity index (χ3v) is 7.34. The van der Waals surface area contributed by atoms with Crippen LogP contribution in [0.25, 0.3) is 0 Å². The molecular formula is C17H30O. The van der Waals surface area contributed by atoms with Crippen LogP contribution in [0.4, 0.5) is 0 Å². The molecule has 2 bridgehead atoms. The minimum Gasteiger partial charge on any atom is -0.384 e. The average Bonchev–Trinajstić information content (AvgIpc) is 2.79. The number of fused-ring (bicyclic) bond motifs is 1. The largest absolute Gasteiger partial charge is 0.384 e. The fourth-order valence-electron chi connectivity index (χ4n) is 6.41. The Morgan fingerprint density at radius 1 is 1.06 bits per heavy atom. The zero-order valence-electron chi connectivity index (χ0n) is 12.9. The van der Waals surface area contributed by atoms with Crippen LogP contribution in [0, 0.1) is 34.0 Å². The molecule has 1 heteroatoms. The summed E-state index contributed by atoms with van der Waals surface area (Å²) in [6, 6.07) is 0. The van der Waals surface area contributed by atoms with Crippen molar-refractivity contribution in [3.8, 4) is 0 Å². The molecule has 1 spiro atoms. The van der Waals surface area contributed by atoms with E-state index in [-0.39, 0.29) is 0 Å². The fraction of sp³-hybridized carbons (Fsp3) is 1.00. The van der Waals surface area contributed by atoms with Gasteiger partial charge in [-0.25, -0.2) is 0 Å². The lowest BCUT2D eigenvalue weighted by atomic mass is 9.46. The van der Waals surface area contributed by atoms with E-state index in [2.05, 4.69) is 27.7 Å². The van der Waals surface area contributed by atoms with Gasteiger partial charge in [0, 0.05) is 13.7 Å². The van der Waals surface area contributed by atoms with Crippen LogP contribution in [0.1, 0.15) is 59.8 Å². The highest BCUT2D eigenvalue weighted by molar-refractivity contribution is 5.17. The molecule has 4 atom stereocenters. The Bertz CT molecular complexity index is 344. The predicted molar refractivity (Wildman–Crippen MR) is 75.4 cm³/mol. The van der Waals surface area contributed by atoms with Gasteiger partial charge >= 0.3 is 0 Å². The topological polar surface area (TPSA) is 9.23 Å². The van der Waals surface area contributed by atoms with Gasteiger partial charge in [-0.05, 0) is 66.1 Å². The second-order valence-corrected chi connectivity index (χ2v) is 8.53. The number of methoxy groups -OCH3 is 1. The van der Waals surface area contributed by atoms with E-state index < -0.39 is 0 Å². The summed E-state index contributed by atoms with van der Waals surface area (Å²) in [5, 5.41) is 0. The van der Waals surface area contributed by atoms with Crippen LogP contribution in [0.3, 0.4) is 0 Å². The molecule has 0 radical (unpaired) electrons. The molecule has 0 N–H and O–H groups in total. The van der Waals surface area contributed by atoms with Crippen LogP contribution < -0.4 is 0 Å². The molecule has 0 aliphatic heterocycles. The summed E-state index contributed by atoms with van der Waals surface area (Å²) in [6.45, 7) is 11.2. The van der Waals surface area contributed by atoms with Gasteiger partial charge in [-0.3, -0.25) is 0 Å². The molecule has 0 aromatic heterocycles. The third-order valence-electron chi connectivity index (χ3n) is 7.34. The first-order valence-corrected chi connectivity index (χ1v) is 7.84. The molecule has 0 amide bonds. The standard InChI is InChI=1S/C17H30O/c1-15(2)8-6-12(11-18-5)14-16(3,4)13-7-9-17(14,15)10-13/h12-14H,6-11H2,1-5H3. The second kappa shape index (κ2) is 3.75. The maximum atomic E-state index is 5.56. The molecule has 3 fully saturated rings. The molecule has 3 aliphatic carbocycles. The molecular weight excluding hydrogens is 220 g/mol. The first-order valence-electron chi connectivity index (χ1n) is 7.84. The van der Waals surface area contributed by atoms with Crippen LogP contribution in [-0.2, 0) is 4.74 Å². The van der Waals surface area contributed by atoms with E-state index in [1.54, 1.807) is 0 Å². The summed E-state index contributed by atoms with van der Waals surface area (Å²) in [7, 11) is 1.88. The lowest BCUT2D eigenvalue weighted by Crippen LogP contribution is -2.52. The molecule has 0 saturated heterocycles. The zero-order chi connectivity index (χ0) is 13.2. The summed E-state index contributed by atoms with van der Waals surface area (Å²) in [5.74, 6) is 2.68. The van der Waals surface area contributed by atoms with Crippen molar-refractivity contribution in [1.29, 1.82) is 0 Å². The average molecular weight is 250 g/mol. The van der Waals surface area contributed by atoms with Gasteiger partial charge in [-0.2, -0.15) is 0 Å². The van der Waals surface area contributed by atoms with Crippen LogP contribution in [0.2, 0.25) is 0 Å². The van der Waals surface area contributed by atoms with Gasteiger partial charge in [-0.1, -0.05) is 27.7 Å². The van der Waals surface area contributed by atoms with Crippen LogP contribution in [-0.4, -0.2) is 13.7 Å². The fourth-order valence-corrected chi connectivity index (χ4v) is 6.41. The molecule has 0 aromatic carbocycles. The summed E-state index contributed by atoms with van der Waals surface area (Å²) in [6.07, 6.45) is 7.24. The monoisotopic (exact) mass is 250 g/mol. The molecule has 1 nitrogen and oxygen atoms in total. The van der Waals surface area contributed by atoms with E-state index in [0.29, 0.717) is 16.2 Å². The Morgan fingerprint density at radius 3 is 2.44 bits per heavy atom. The number of hydrogen-bond donors (Lipinski definition) is 0. The molecule has 3 saturated carbocycles. The van der Waals surface area contributed by atoms with Crippen molar-refractivity contribution in [3.63, 3.8) is 0 Å². The van der Waals surface area contributed by atoms with Crippen LogP contribution in [0.15, 0.2) is 0 Å². The molecule has 0 aromatic rings. The maximum Gasteiger partial charge on any atom is 0.0493 e.